The smallest absolute Gasteiger partial charge is 0.238 e. The van der Waals surface area contributed by atoms with Crippen LogP contribution in [-0.4, -0.2) is 12.2 Å². The Bertz CT molecular complexity index is 769. The second kappa shape index (κ2) is 22.5. The standard InChI is InChI=1S/C18H37NO.C16H18O2/c1-2-3-4-5-6-7-8-9-10-11-12-13-14-15-16-17-18(19)20;1-12-4-8-15(9-5-12)17-14(3)18-16-10-6-13(2)7-11-16/h2-17H2,1H3,(H2,19,20);4-11,14H,1-3H3. The summed E-state index contributed by atoms with van der Waals surface area (Å²) in [6.07, 6.45) is 20.6. The van der Waals surface area contributed by atoms with Crippen LogP contribution in [-0.2, 0) is 4.79 Å². The quantitative estimate of drug-likeness (QED) is 0.138. The van der Waals surface area contributed by atoms with Crippen LogP contribution >= 0.6 is 0 Å². The van der Waals surface area contributed by atoms with E-state index in [1.807, 2.05) is 55.5 Å². The fourth-order valence-electron chi connectivity index (χ4n) is 4.31. The summed E-state index contributed by atoms with van der Waals surface area (Å²) in [4.78, 5) is 10.6. The summed E-state index contributed by atoms with van der Waals surface area (Å²) in [5.74, 6) is 1.49. The van der Waals surface area contributed by atoms with Gasteiger partial charge in [0.25, 0.3) is 0 Å². The topological polar surface area (TPSA) is 61.6 Å². The first-order valence-corrected chi connectivity index (χ1v) is 15.2. The van der Waals surface area contributed by atoms with E-state index in [-0.39, 0.29) is 12.2 Å². The first-order chi connectivity index (χ1) is 18.4. The molecule has 0 bridgehead atoms. The van der Waals surface area contributed by atoms with Gasteiger partial charge in [0.15, 0.2) is 0 Å². The fraction of sp³-hybridized carbons (Fsp3) is 0.618. The lowest BCUT2D eigenvalue weighted by Gasteiger charge is -2.16. The van der Waals surface area contributed by atoms with E-state index in [4.69, 9.17) is 15.2 Å². The molecule has 0 aliphatic carbocycles. The molecule has 4 heteroatoms. The number of aryl methyl sites for hydroxylation is 2. The molecule has 0 fully saturated rings. The molecule has 0 aromatic heterocycles. The summed E-state index contributed by atoms with van der Waals surface area (Å²) in [6.45, 7) is 8.27. The number of carbonyl (C=O) groups is 1. The van der Waals surface area contributed by atoms with Crippen molar-refractivity contribution in [3.05, 3.63) is 59.7 Å². The van der Waals surface area contributed by atoms with E-state index in [9.17, 15) is 4.79 Å². The Kier molecular flexibility index (Phi) is 19.8. The third kappa shape index (κ3) is 19.6. The summed E-state index contributed by atoms with van der Waals surface area (Å²) in [7, 11) is 0. The molecule has 0 aliphatic heterocycles. The number of benzene rings is 2. The summed E-state index contributed by atoms with van der Waals surface area (Å²) >= 11 is 0. The Hall–Kier alpha value is -2.49. The molecular weight excluding hydrogens is 470 g/mol. The van der Waals surface area contributed by atoms with Crippen molar-refractivity contribution in [2.45, 2.75) is 137 Å². The van der Waals surface area contributed by atoms with Crippen LogP contribution in [0.4, 0.5) is 0 Å². The normalized spacial score (nSPS) is 10.7. The average Bonchev–Trinajstić information content (AvgIpc) is 2.89. The van der Waals surface area contributed by atoms with Crippen LogP contribution < -0.4 is 15.2 Å². The van der Waals surface area contributed by atoms with Gasteiger partial charge in [-0.05, 0) is 44.5 Å². The zero-order chi connectivity index (χ0) is 27.8. The molecule has 0 heterocycles. The van der Waals surface area contributed by atoms with Crippen LogP contribution in [0.15, 0.2) is 48.5 Å². The lowest BCUT2D eigenvalue weighted by atomic mass is 10.0. The average molecular weight is 526 g/mol. The summed E-state index contributed by atoms with van der Waals surface area (Å²) in [6, 6.07) is 15.9. The van der Waals surface area contributed by atoms with Gasteiger partial charge in [-0.1, -0.05) is 132 Å². The zero-order valence-electron chi connectivity index (χ0n) is 24.8. The van der Waals surface area contributed by atoms with Crippen LogP contribution in [0.2, 0.25) is 0 Å². The van der Waals surface area contributed by atoms with Gasteiger partial charge in [-0.3, -0.25) is 4.79 Å². The second-order valence-electron chi connectivity index (χ2n) is 10.6. The van der Waals surface area contributed by atoms with Crippen molar-refractivity contribution in [3.63, 3.8) is 0 Å². The van der Waals surface area contributed by atoms with Crippen LogP contribution in [0.3, 0.4) is 0 Å². The van der Waals surface area contributed by atoms with E-state index in [2.05, 4.69) is 20.8 Å². The molecule has 2 aromatic rings. The van der Waals surface area contributed by atoms with E-state index in [0.29, 0.717) is 6.42 Å². The highest BCUT2D eigenvalue weighted by atomic mass is 16.7. The van der Waals surface area contributed by atoms with Gasteiger partial charge in [-0.2, -0.15) is 0 Å². The number of nitrogens with two attached hydrogens (primary N) is 1. The summed E-state index contributed by atoms with van der Waals surface area (Å²) < 4.78 is 11.4. The third-order valence-corrected chi connectivity index (χ3v) is 6.67. The Labute approximate surface area is 233 Å². The van der Waals surface area contributed by atoms with Crippen molar-refractivity contribution in [2.75, 3.05) is 0 Å². The molecule has 0 atom stereocenters. The highest BCUT2D eigenvalue weighted by Gasteiger charge is 2.05. The summed E-state index contributed by atoms with van der Waals surface area (Å²) in [5.41, 5.74) is 7.54. The number of primary amides is 1. The molecule has 0 unspecified atom stereocenters. The van der Waals surface area contributed by atoms with Crippen LogP contribution in [0, 0.1) is 13.8 Å². The maximum atomic E-state index is 10.6. The van der Waals surface area contributed by atoms with Crippen LogP contribution in [0.5, 0.6) is 11.5 Å². The van der Waals surface area contributed by atoms with Gasteiger partial charge >= 0.3 is 0 Å². The van der Waals surface area contributed by atoms with Gasteiger partial charge in [0, 0.05) is 13.3 Å². The Balaban J connectivity index is 0.000000381. The number of hydrogen-bond donors (Lipinski definition) is 1. The molecule has 38 heavy (non-hydrogen) atoms. The van der Waals surface area contributed by atoms with Crippen LogP contribution in [0.1, 0.15) is 128 Å². The number of unbranched alkanes of at least 4 members (excludes halogenated alkanes) is 14. The predicted octanol–water partition coefficient (Wildman–Crippen LogP) is 9.84. The molecule has 0 aliphatic rings. The number of rotatable bonds is 20. The van der Waals surface area contributed by atoms with Crippen LogP contribution in [0.25, 0.3) is 0 Å². The Morgan fingerprint density at radius 2 is 0.921 bits per heavy atom. The molecule has 214 valence electrons. The molecule has 0 spiro atoms. The van der Waals surface area contributed by atoms with Crippen molar-refractivity contribution < 1.29 is 14.3 Å². The number of carbonyl (C=O) groups excluding carboxylic acids is 1. The monoisotopic (exact) mass is 525 g/mol. The van der Waals surface area contributed by atoms with Gasteiger partial charge in [-0.25, -0.2) is 0 Å². The van der Waals surface area contributed by atoms with Gasteiger partial charge in [-0.15, -0.1) is 0 Å². The molecular formula is C34H55NO3. The van der Waals surface area contributed by atoms with Crippen molar-refractivity contribution >= 4 is 5.91 Å². The first-order valence-electron chi connectivity index (χ1n) is 15.2. The maximum absolute atomic E-state index is 10.6. The van der Waals surface area contributed by atoms with Gasteiger partial charge in [0.2, 0.25) is 12.2 Å². The molecule has 2 N–H and O–H groups in total. The van der Waals surface area contributed by atoms with Gasteiger partial charge < -0.3 is 15.2 Å². The third-order valence-electron chi connectivity index (χ3n) is 6.67. The minimum Gasteiger partial charge on any atom is -0.455 e. The van der Waals surface area contributed by atoms with E-state index < -0.39 is 0 Å². The largest absolute Gasteiger partial charge is 0.455 e. The zero-order valence-corrected chi connectivity index (χ0v) is 24.8. The SMILES string of the molecule is CCCCCCCCCCCCCCCCCC(N)=O.Cc1ccc(OC(C)Oc2ccc(C)cc2)cc1. The van der Waals surface area contributed by atoms with E-state index in [1.165, 1.54) is 101 Å². The highest BCUT2D eigenvalue weighted by Crippen LogP contribution is 2.17. The predicted molar refractivity (Wildman–Crippen MR) is 162 cm³/mol. The molecule has 0 saturated heterocycles. The molecule has 1 amide bonds. The van der Waals surface area contributed by atoms with Crippen molar-refractivity contribution in [2.24, 2.45) is 5.73 Å². The van der Waals surface area contributed by atoms with E-state index in [0.717, 1.165) is 17.9 Å². The number of ether oxygens (including phenoxy) is 2. The minimum atomic E-state index is -0.310. The first kappa shape index (κ1) is 33.5. The fourth-order valence-corrected chi connectivity index (χ4v) is 4.31. The van der Waals surface area contributed by atoms with Crippen molar-refractivity contribution in [3.8, 4) is 11.5 Å². The molecule has 0 saturated carbocycles. The highest BCUT2D eigenvalue weighted by molar-refractivity contribution is 5.73. The second-order valence-corrected chi connectivity index (χ2v) is 10.6. The van der Waals surface area contributed by atoms with Crippen molar-refractivity contribution in [1.29, 1.82) is 0 Å². The molecule has 0 radical (unpaired) electrons. The van der Waals surface area contributed by atoms with Gasteiger partial charge in [0.05, 0.1) is 0 Å². The van der Waals surface area contributed by atoms with E-state index in [1.54, 1.807) is 0 Å². The molecule has 2 aromatic carbocycles. The lowest BCUT2D eigenvalue weighted by Crippen LogP contribution is -2.19. The Morgan fingerprint density at radius 3 is 1.24 bits per heavy atom. The molecule has 4 nitrogen and oxygen atoms in total. The lowest BCUT2D eigenvalue weighted by molar-refractivity contribution is -0.118. The van der Waals surface area contributed by atoms with Gasteiger partial charge in [0.1, 0.15) is 11.5 Å². The number of amides is 1. The summed E-state index contributed by atoms with van der Waals surface area (Å²) in [5, 5.41) is 0. The minimum absolute atomic E-state index is 0.153. The Morgan fingerprint density at radius 1 is 0.605 bits per heavy atom. The van der Waals surface area contributed by atoms with E-state index >= 15 is 0 Å². The maximum Gasteiger partial charge on any atom is 0.238 e. The number of hydrogen-bond acceptors (Lipinski definition) is 3. The van der Waals surface area contributed by atoms with Crippen molar-refractivity contribution in [1.82, 2.24) is 0 Å². The molecule has 2 rings (SSSR count).